The van der Waals surface area contributed by atoms with Gasteiger partial charge in [0.25, 0.3) is 0 Å². The molecule has 2 aliphatic carbocycles. The first-order valence-electron chi connectivity index (χ1n) is 12.6. The maximum absolute atomic E-state index is 13.4. The van der Waals surface area contributed by atoms with Crippen LogP contribution in [0.2, 0.25) is 0 Å². The van der Waals surface area contributed by atoms with E-state index in [-0.39, 0.29) is 33.0 Å². The van der Waals surface area contributed by atoms with Gasteiger partial charge in [-0.1, -0.05) is 57.5 Å². The minimum Gasteiger partial charge on any atom is -0.465 e. The minimum atomic E-state index is -4.00. The molecule has 3 aliphatic rings. The zero-order chi connectivity index (χ0) is 26.8. The molecule has 1 heterocycles. The maximum atomic E-state index is 13.4. The van der Waals surface area contributed by atoms with E-state index in [0.29, 0.717) is 48.3 Å². The number of ketones is 2. The summed E-state index contributed by atoms with van der Waals surface area (Å²) in [5, 5.41) is 0. The molecule has 0 spiro atoms. The lowest BCUT2D eigenvalue weighted by Gasteiger charge is -2.42. The summed E-state index contributed by atoms with van der Waals surface area (Å²) >= 11 is 0. The third-order valence-corrected chi connectivity index (χ3v) is 8.57. The molecule has 0 atom stereocenters. The van der Waals surface area contributed by atoms with Gasteiger partial charge >= 0.3 is 10.1 Å². The molecular weight excluding hydrogens is 488 g/mol. The number of aryl methyl sites for hydroxylation is 1. The molecule has 0 N–H and O–H groups in total. The molecule has 0 bridgehead atoms. The normalized spacial score (nSPS) is 21.3. The molecule has 0 saturated carbocycles. The summed E-state index contributed by atoms with van der Waals surface area (Å²) in [5.74, 6) is 0.904. The van der Waals surface area contributed by atoms with Crippen molar-refractivity contribution >= 4 is 21.7 Å². The fraction of sp³-hybridized carbons (Fsp3) is 0.400. The molecule has 0 fully saturated rings. The second-order valence-corrected chi connectivity index (χ2v) is 13.6. The topological polar surface area (TPSA) is 86.7 Å². The van der Waals surface area contributed by atoms with Gasteiger partial charge < -0.3 is 8.92 Å². The van der Waals surface area contributed by atoms with Crippen LogP contribution in [0.15, 0.2) is 76.1 Å². The van der Waals surface area contributed by atoms with Crippen molar-refractivity contribution in [2.24, 2.45) is 10.8 Å². The second-order valence-electron chi connectivity index (χ2n) is 12.0. The Labute approximate surface area is 218 Å². The van der Waals surface area contributed by atoms with E-state index >= 15 is 0 Å². The summed E-state index contributed by atoms with van der Waals surface area (Å²) in [4.78, 5) is 26.9. The Morgan fingerprint density at radius 2 is 1.24 bits per heavy atom. The van der Waals surface area contributed by atoms with Gasteiger partial charge in [-0.15, -0.1) is 0 Å². The van der Waals surface area contributed by atoms with Crippen molar-refractivity contribution < 1.29 is 26.9 Å². The van der Waals surface area contributed by atoms with Gasteiger partial charge in [0.15, 0.2) is 11.6 Å². The molecule has 1 aliphatic heterocycles. The number of benzene rings is 2. The molecule has 0 unspecified atom stereocenters. The van der Waals surface area contributed by atoms with Crippen LogP contribution in [0, 0.1) is 17.8 Å². The molecule has 7 heteroatoms. The van der Waals surface area contributed by atoms with E-state index in [1.54, 1.807) is 36.4 Å². The lowest BCUT2D eigenvalue weighted by Crippen LogP contribution is -2.37. The Balaban J connectivity index is 1.53. The minimum absolute atomic E-state index is 0.0114. The van der Waals surface area contributed by atoms with Crippen molar-refractivity contribution in [2.75, 3.05) is 0 Å². The lowest BCUT2D eigenvalue weighted by atomic mass is 9.65. The Morgan fingerprint density at radius 1 is 0.757 bits per heavy atom. The van der Waals surface area contributed by atoms with Crippen molar-refractivity contribution in [3.05, 3.63) is 82.3 Å². The number of ether oxygens (including phenoxy) is 1. The largest absolute Gasteiger partial charge is 0.465 e. The van der Waals surface area contributed by atoms with Crippen LogP contribution in [0.4, 0.5) is 0 Å². The van der Waals surface area contributed by atoms with Gasteiger partial charge in [-0.3, -0.25) is 9.59 Å². The predicted octanol–water partition coefficient (Wildman–Crippen LogP) is 6.16. The van der Waals surface area contributed by atoms with Gasteiger partial charge in [0.1, 0.15) is 22.2 Å². The Bertz CT molecular complexity index is 1400. The van der Waals surface area contributed by atoms with Crippen molar-refractivity contribution in [3.8, 4) is 5.75 Å². The van der Waals surface area contributed by atoms with Gasteiger partial charge in [0, 0.05) is 42.7 Å². The average molecular weight is 521 g/mol. The molecular formula is C30H32O6S. The SMILES string of the molecule is Cc1ccc(S(=O)(=O)Oc2ccc(C3C4=C(CC(C)(C)CC4=O)OC4=C3C(=O)CC(C)(C)C4)cc2)cc1. The van der Waals surface area contributed by atoms with Gasteiger partial charge in [0.2, 0.25) is 0 Å². The standard InChI is InChI=1S/C30H32O6S/c1-18-6-12-21(13-7-18)37(33,34)36-20-10-8-19(9-11-20)26-27-22(31)14-29(2,3)16-24(27)35-25-17-30(4,5)15-23(32)28(25)26/h6-13,26H,14-17H2,1-5H3. The zero-order valence-electron chi connectivity index (χ0n) is 21.9. The summed E-state index contributed by atoms with van der Waals surface area (Å²) < 4.78 is 37.2. The number of Topliss-reactive ketones (excluding diaryl/α,β-unsaturated/α-hetero) is 2. The number of hydrogen-bond acceptors (Lipinski definition) is 6. The second kappa shape index (κ2) is 8.69. The van der Waals surface area contributed by atoms with Gasteiger partial charge in [-0.2, -0.15) is 8.42 Å². The number of rotatable bonds is 4. The summed E-state index contributed by atoms with van der Waals surface area (Å²) in [6.45, 7) is 10.1. The van der Waals surface area contributed by atoms with Crippen LogP contribution in [0.25, 0.3) is 0 Å². The van der Waals surface area contributed by atoms with Gasteiger partial charge in [-0.05, 0) is 47.6 Å². The highest BCUT2D eigenvalue weighted by Crippen LogP contribution is 2.53. The monoisotopic (exact) mass is 520 g/mol. The summed E-state index contributed by atoms with van der Waals surface area (Å²) in [5.41, 5.74) is 2.33. The first kappa shape index (κ1) is 25.5. The van der Waals surface area contributed by atoms with Gasteiger partial charge in [0.05, 0.1) is 0 Å². The van der Waals surface area contributed by atoms with E-state index in [4.69, 9.17) is 8.92 Å². The van der Waals surface area contributed by atoms with Crippen LogP contribution >= 0.6 is 0 Å². The molecule has 0 saturated heterocycles. The number of carbonyl (C=O) groups excluding carboxylic acids is 2. The van der Waals surface area contributed by atoms with Gasteiger partial charge in [-0.25, -0.2) is 0 Å². The van der Waals surface area contributed by atoms with E-state index in [1.165, 1.54) is 12.1 Å². The molecule has 37 heavy (non-hydrogen) atoms. The Hall–Kier alpha value is -3.19. The highest BCUT2D eigenvalue weighted by Gasteiger charge is 2.47. The van der Waals surface area contributed by atoms with Crippen LogP contribution < -0.4 is 4.18 Å². The Morgan fingerprint density at radius 3 is 1.73 bits per heavy atom. The zero-order valence-corrected chi connectivity index (χ0v) is 22.7. The highest BCUT2D eigenvalue weighted by molar-refractivity contribution is 7.87. The maximum Gasteiger partial charge on any atom is 0.339 e. The predicted molar refractivity (Wildman–Crippen MR) is 139 cm³/mol. The fourth-order valence-electron chi connectivity index (χ4n) is 5.60. The summed E-state index contributed by atoms with van der Waals surface area (Å²) in [6, 6.07) is 13.1. The lowest BCUT2D eigenvalue weighted by molar-refractivity contribution is -0.120. The number of hydrogen-bond donors (Lipinski definition) is 0. The molecule has 0 aromatic heterocycles. The highest BCUT2D eigenvalue weighted by atomic mass is 32.2. The number of carbonyl (C=O) groups is 2. The first-order valence-corrected chi connectivity index (χ1v) is 14.0. The van der Waals surface area contributed by atoms with Crippen LogP contribution in [0.3, 0.4) is 0 Å². The molecule has 5 rings (SSSR count). The van der Waals surface area contributed by atoms with E-state index in [0.717, 1.165) is 11.1 Å². The van der Waals surface area contributed by atoms with E-state index in [9.17, 15) is 18.0 Å². The van der Waals surface area contributed by atoms with E-state index < -0.39 is 16.0 Å². The third-order valence-electron chi connectivity index (χ3n) is 7.31. The van der Waals surface area contributed by atoms with Crippen molar-refractivity contribution in [2.45, 2.75) is 71.1 Å². The van der Waals surface area contributed by atoms with E-state index in [1.807, 2.05) is 34.6 Å². The van der Waals surface area contributed by atoms with Crippen LogP contribution in [-0.2, 0) is 24.4 Å². The van der Waals surface area contributed by atoms with Crippen LogP contribution in [0.5, 0.6) is 5.75 Å². The fourth-order valence-corrected chi connectivity index (χ4v) is 6.53. The first-order chi connectivity index (χ1) is 17.2. The van der Waals surface area contributed by atoms with Crippen LogP contribution in [-0.4, -0.2) is 20.0 Å². The smallest absolute Gasteiger partial charge is 0.339 e. The number of allylic oxidation sites excluding steroid dienone is 4. The molecule has 2 aromatic rings. The summed E-state index contributed by atoms with van der Waals surface area (Å²) in [6.07, 6.45) is 1.99. The average Bonchev–Trinajstić information content (AvgIpc) is 2.76. The van der Waals surface area contributed by atoms with Crippen LogP contribution in [0.1, 0.15) is 70.4 Å². The molecule has 2 aromatic carbocycles. The molecule has 0 radical (unpaired) electrons. The van der Waals surface area contributed by atoms with Crippen molar-refractivity contribution in [1.29, 1.82) is 0 Å². The molecule has 0 amide bonds. The van der Waals surface area contributed by atoms with Crippen molar-refractivity contribution in [3.63, 3.8) is 0 Å². The third kappa shape index (κ3) is 4.89. The van der Waals surface area contributed by atoms with Crippen molar-refractivity contribution in [1.82, 2.24) is 0 Å². The quantitative estimate of drug-likeness (QED) is 0.449. The molecule has 6 nitrogen and oxygen atoms in total. The van der Waals surface area contributed by atoms with E-state index in [2.05, 4.69) is 0 Å². The Kier molecular flexibility index (Phi) is 5.98. The summed E-state index contributed by atoms with van der Waals surface area (Å²) in [7, 11) is -4.00. The molecule has 194 valence electrons.